The van der Waals surface area contributed by atoms with Gasteiger partial charge in [-0.1, -0.05) is 55.3 Å². The van der Waals surface area contributed by atoms with E-state index in [9.17, 15) is 5.11 Å². The lowest BCUT2D eigenvalue weighted by molar-refractivity contribution is 0.469. The van der Waals surface area contributed by atoms with Crippen LogP contribution in [0.5, 0.6) is 5.75 Å². The molecule has 0 atom stereocenters. The summed E-state index contributed by atoms with van der Waals surface area (Å²) in [6.07, 6.45) is 1.72. The van der Waals surface area contributed by atoms with Gasteiger partial charge in [-0.15, -0.1) is 0 Å². The van der Waals surface area contributed by atoms with Gasteiger partial charge in [-0.2, -0.15) is 5.10 Å². The molecule has 118 valence electrons. The van der Waals surface area contributed by atoms with Gasteiger partial charge in [0.05, 0.1) is 5.69 Å². The van der Waals surface area contributed by atoms with E-state index in [2.05, 4.69) is 50.1 Å². The maximum atomic E-state index is 10.7. The zero-order valence-electron chi connectivity index (χ0n) is 13.9. The summed E-state index contributed by atoms with van der Waals surface area (Å²) in [7, 11) is 0. The second-order valence-corrected chi connectivity index (χ2v) is 6.01. The highest BCUT2D eigenvalue weighted by Gasteiger charge is 2.19. The lowest BCUT2D eigenvalue weighted by Gasteiger charge is -2.09. The van der Waals surface area contributed by atoms with Crippen molar-refractivity contribution >= 4 is 0 Å². The molecule has 0 aliphatic carbocycles. The lowest BCUT2D eigenvalue weighted by atomic mass is 10.1. The molecule has 3 heteroatoms. The summed E-state index contributed by atoms with van der Waals surface area (Å²) in [5.74, 6) is 0.289. The molecular weight excluding hydrogens is 284 g/mol. The minimum absolute atomic E-state index is 0.289. The van der Waals surface area contributed by atoms with Crippen LogP contribution >= 0.6 is 0 Å². The molecule has 0 aliphatic rings. The number of nitrogens with zero attached hydrogens (tertiary/aromatic N) is 2. The second kappa shape index (κ2) is 6.29. The molecule has 0 bridgehead atoms. The number of hydrogen-bond acceptors (Lipinski definition) is 2. The summed E-state index contributed by atoms with van der Waals surface area (Å²) in [5, 5.41) is 15.4. The third-order valence-corrected chi connectivity index (χ3v) is 3.99. The van der Waals surface area contributed by atoms with E-state index in [1.807, 2.05) is 28.9 Å². The molecule has 0 aliphatic heterocycles. The van der Waals surface area contributed by atoms with Crippen LogP contribution in [0.1, 0.15) is 30.2 Å². The molecule has 3 aromatic rings. The van der Waals surface area contributed by atoms with Gasteiger partial charge in [0.25, 0.3) is 0 Å². The molecule has 0 spiro atoms. The number of aromatic nitrogens is 2. The van der Waals surface area contributed by atoms with Crippen LogP contribution in [0, 0.1) is 13.8 Å². The predicted octanol–water partition coefficient (Wildman–Crippen LogP) is 4.81. The fourth-order valence-electron chi connectivity index (χ4n) is 2.78. The van der Waals surface area contributed by atoms with Crippen molar-refractivity contribution in [3.05, 3.63) is 65.4 Å². The normalized spacial score (nSPS) is 10.9. The maximum absolute atomic E-state index is 10.7. The van der Waals surface area contributed by atoms with Crippen LogP contribution < -0.4 is 0 Å². The van der Waals surface area contributed by atoms with Crippen molar-refractivity contribution in [2.45, 2.75) is 33.6 Å². The van der Waals surface area contributed by atoms with Crippen LogP contribution in [0.2, 0.25) is 0 Å². The highest BCUT2D eigenvalue weighted by molar-refractivity contribution is 5.70. The summed E-state index contributed by atoms with van der Waals surface area (Å²) in [4.78, 5) is 0. The molecule has 1 aromatic heterocycles. The van der Waals surface area contributed by atoms with Crippen LogP contribution in [-0.4, -0.2) is 14.9 Å². The Morgan fingerprint density at radius 2 is 1.74 bits per heavy atom. The zero-order valence-corrected chi connectivity index (χ0v) is 13.9. The minimum Gasteiger partial charge on any atom is -0.504 e. The Labute approximate surface area is 137 Å². The van der Waals surface area contributed by atoms with Crippen molar-refractivity contribution in [1.29, 1.82) is 0 Å². The van der Waals surface area contributed by atoms with Gasteiger partial charge in [0.1, 0.15) is 11.4 Å². The number of aromatic hydroxyl groups is 1. The third kappa shape index (κ3) is 3.00. The molecule has 1 N–H and O–H groups in total. The average Bonchev–Trinajstić information content (AvgIpc) is 2.86. The maximum Gasteiger partial charge on any atom is 0.165 e. The molecule has 3 rings (SSSR count). The van der Waals surface area contributed by atoms with E-state index in [1.165, 1.54) is 11.1 Å². The van der Waals surface area contributed by atoms with Gasteiger partial charge in [-0.25, -0.2) is 4.68 Å². The molecule has 3 nitrogen and oxygen atoms in total. The fourth-order valence-corrected chi connectivity index (χ4v) is 2.78. The van der Waals surface area contributed by atoms with E-state index < -0.39 is 0 Å². The van der Waals surface area contributed by atoms with E-state index in [4.69, 9.17) is 0 Å². The van der Waals surface area contributed by atoms with Crippen LogP contribution in [0.3, 0.4) is 0 Å². The molecule has 0 saturated carbocycles. The molecule has 0 unspecified atom stereocenters. The first-order valence-corrected chi connectivity index (χ1v) is 8.05. The van der Waals surface area contributed by atoms with Gasteiger partial charge in [0, 0.05) is 5.56 Å². The number of rotatable bonds is 4. The quantitative estimate of drug-likeness (QED) is 0.751. The standard InChI is InChI=1S/C20H22N2O/c1-4-6-18-20(23)19(16-11-9-14(2)10-12-16)22(21-18)17-8-5-7-15(3)13-17/h5,7-13,23H,4,6H2,1-3H3. The fraction of sp³-hybridized carbons (Fsp3) is 0.250. The van der Waals surface area contributed by atoms with Crippen LogP contribution in [0.25, 0.3) is 16.9 Å². The molecular formula is C20H22N2O. The van der Waals surface area contributed by atoms with Gasteiger partial charge in [-0.05, 0) is 38.0 Å². The smallest absolute Gasteiger partial charge is 0.165 e. The minimum atomic E-state index is 0.289. The Morgan fingerprint density at radius 3 is 2.39 bits per heavy atom. The number of benzene rings is 2. The molecule has 0 fully saturated rings. The SMILES string of the molecule is CCCc1nn(-c2cccc(C)c2)c(-c2ccc(C)cc2)c1O. The largest absolute Gasteiger partial charge is 0.504 e. The van der Waals surface area contributed by atoms with Crippen molar-refractivity contribution in [3.8, 4) is 22.7 Å². The molecule has 23 heavy (non-hydrogen) atoms. The van der Waals surface area contributed by atoms with E-state index in [-0.39, 0.29) is 5.75 Å². The highest BCUT2D eigenvalue weighted by Crippen LogP contribution is 2.35. The Balaban J connectivity index is 2.21. The van der Waals surface area contributed by atoms with Crippen LogP contribution in [0.15, 0.2) is 48.5 Å². The monoisotopic (exact) mass is 306 g/mol. The Bertz CT molecular complexity index is 816. The first-order chi connectivity index (χ1) is 11.1. The molecule has 0 saturated heterocycles. The van der Waals surface area contributed by atoms with Gasteiger partial charge in [0.15, 0.2) is 5.75 Å². The highest BCUT2D eigenvalue weighted by atomic mass is 16.3. The van der Waals surface area contributed by atoms with Gasteiger partial charge in [0.2, 0.25) is 0 Å². The van der Waals surface area contributed by atoms with Crippen LogP contribution in [-0.2, 0) is 6.42 Å². The average molecular weight is 306 g/mol. The summed E-state index contributed by atoms with van der Waals surface area (Å²) in [6.45, 7) is 6.21. The summed E-state index contributed by atoms with van der Waals surface area (Å²) >= 11 is 0. The third-order valence-electron chi connectivity index (χ3n) is 3.99. The summed E-state index contributed by atoms with van der Waals surface area (Å²) in [5.41, 5.74) is 5.83. The number of hydrogen-bond donors (Lipinski definition) is 1. The van der Waals surface area contributed by atoms with Gasteiger partial charge < -0.3 is 5.11 Å². The Morgan fingerprint density at radius 1 is 1.00 bits per heavy atom. The lowest BCUT2D eigenvalue weighted by Crippen LogP contribution is -2.00. The van der Waals surface area contributed by atoms with Crippen molar-refractivity contribution in [1.82, 2.24) is 9.78 Å². The molecule has 0 radical (unpaired) electrons. The van der Waals surface area contributed by atoms with Crippen molar-refractivity contribution in [3.63, 3.8) is 0 Å². The Hall–Kier alpha value is -2.55. The number of aryl methyl sites for hydroxylation is 3. The first kappa shape index (κ1) is 15.3. The van der Waals surface area contributed by atoms with E-state index in [1.54, 1.807) is 0 Å². The molecule has 2 aromatic carbocycles. The van der Waals surface area contributed by atoms with E-state index in [0.29, 0.717) is 0 Å². The van der Waals surface area contributed by atoms with Crippen molar-refractivity contribution < 1.29 is 5.11 Å². The molecule has 1 heterocycles. The van der Waals surface area contributed by atoms with Crippen LogP contribution in [0.4, 0.5) is 0 Å². The summed E-state index contributed by atoms with van der Waals surface area (Å²) < 4.78 is 1.86. The summed E-state index contributed by atoms with van der Waals surface area (Å²) in [6, 6.07) is 16.4. The predicted molar refractivity (Wildman–Crippen MR) is 94.1 cm³/mol. The topological polar surface area (TPSA) is 38.0 Å². The van der Waals surface area contributed by atoms with Gasteiger partial charge in [-0.3, -0.25) is 0 Å². The van der Waals surface area contributed by atoms with Crippen molar-refractivity contribution in [2.75, 3.05) is 0 Å². The first-order valence-electron chi connectivity index (χ1n) is 8.05. The zero-order chi connectivity index (χ0) is 16.4. The Kier molecular flexibility index (Phi) is 4.20. The van der Waals surface area contributed by atoms with E-state index >= 15 is 0 Å². The van der Waals surface area contributed by atoms with Gasteiger partial charge >= 0.3 is 0 Å². The second-order valence-electron chi connectivity index (χ2n) is 6.01. The molecule has 0 amide bonds. The van der Waals surface area contributed by atoms with Crippen molar-refractivity contribution in [2.24, 2.45) is 0 Å². The van der Waals surface area contributed by atoms with E-state index in [0.717, 1.165) is 35.5 Å².